The molecule has 0 bridgehead atoms. The lowest BCUT2D eigenvalue weighted by molar-refractivity contribution is 0.153. The lowest BCUT2D eigenvalue weighted by Crippen LogP contribution is -2.41. The predicted molar refractivity (Wildman–Crippen MR) is 49.0 cm³/mol. The molecule has 3 heteroatoms. The SMILES string of the molecule is FCCN1CCCCC1CBr. The van der Waals surface area contributed by atoms with Crippen LogP contribution in [0.5, 0.6) is 0 Å². The smallest absolute Gasteiger partial charge is 0.102 e. The lowest BCUT2D eigenvalue weighted by atomic mass is 10.0. The number of likely N-dealkylation sites (tertiary alicyclic amines) is 1. The van der Waals surface area contributed by atoms with Crippen LogP contribution in [-0.2, 0) is 0 Å². The molecule has 1 aliphatic rings. The quantitative estimate of drug-likeness (QED) is 0.664. The molecule has 0 spiro atoms. The second kappa shape index (κ2) is 5.09. The first kappa shape index (κ1) is 9.46. The van der Waals surface area contributed by atoms with Crippen molar-refractivity contribution in [1.29, 1.82) is 0 Å². The van der Waals surface area contributed by atoms with E-state index in [1.54, 1.807) is 0 Å². The summed E-state index contributed by atoms with van der Waals surface area (Å²) in [5.41, 5.74) is 0. The van der Waals surface area contributed by atoms with Crippen molar-refractivity contribution < 1.29 is 4.39 Å². The van der Waals surface area contributed by atoms with Gasteiger partial charge in [-0.2, -0.15) is 0 Å². The van der Waals surface area contributed by atoms with E-state index < -0.39 is 0 Å². The fourth-order valence-corrected chi connectivity index (χ4v) is 2.37. The summed E-state index contributed by atoms with van der Waals surface area (Å²) in [6.07, 6.45) is 3.77. The van der Waals surface area contributed by atoms with Crippen molar-refractivity contribution in [2.45, 2.75) is 25.3 Å². The van der Waals surface area contributed by atoms with E-state index in [2.05, 4.69) is 20.8 Å². The Morgan fingerprint density at radius 2 is 2.27 bits per heavy atom. The molecule has 1 saturated heterocycles. The molecular weight excluding hydrogens is 209 g/mol. The predicted octanol–water partition coefficient (Wildman–Crippen LogP) is 2.21. The van der Waals surface area contributed by atoms with Crippen LogP contribution in [0.2, 0.25) is 0 Å². The average Bonchev–Trinajstić information content (AvgIpc) is 2.06. The Kier molecular flexibility index (Phi) is 4.38. The number of hydrogen-bond donors (Lipinski definition) is 0. The Bertz CT molecular complexity index is 108. The molecule has 0 N–H and O–H groups in total. The fraction of sp³-hybridized carbons (Fsp3) is 1.00. The summed E-state index contributed by atoms with van der Waals surface area (Å²) in [5.74, 6) is 0. The van der Waals surface area contributed by atoms with Gasteiger partial charge in [0.25, 0.3) is 0 Å². The molecule has 1 rings (SSSR count). The number of alkyl halides is 2. The molecule has 0 aromatic carbocycles. The van der Waals surface area contributed by atoms with Gasteiger partial charge in [-0.3, -0.25) is 4.90 Å². The van der Waals surface area contributed by atoms with E-state index in [1.807, 2.05) is 0 Å². The molecule has 0 amide bonds. The largest absolute Gasteiger partial charge is 0.297 e. The highest BCUT2D eigenvalue weighted by molar-refractivity contribution is 9.09. The van der Waals surface area contributed by atoms with Crippen LogP contribution in [0.25, 0.3) is 0 Å². The summed E-state index contributed by atoms with van der Waals surface area (Å²) in [6.45, 7) is 1.50. The van der Waals surface area contributed by atoms with Gasteiger partial charge in [-0.05, 0) is 19.4 Å². The van der Waals surface area contributed by atoms with Gasteiger partial charge in [0.2, 0.25) is 0 Å². The Balaban J connectivity index is 2.31. The first-order chi connectivity index (χ1) is 5.38. The molecule has 0 aromatic rings. The van der Waals surface area contributed by atoms with Crippen molar-refractivity contribution in [3.8, 4) is 0 Å². The maximum Gasteiger partial charge on any atom is 0.102 e. The maximum absolute atomic E-state index is 12.0. The molecule has 1 heterocycles. The summed E-state index contributed by atoms with van der Waals surface area (Å²) in [4.78, 5) is 2.25. The standard InChI is InChI=1S/C8H15BrFN/c9-7-8-3-1-2-5-11(8)6-4-10/h8H,1-7H2. The molecule has 1 aliphatic heterocycles. The molecule has 0 saturated carbocycles. The third-order valence-electron chi connectivity index (χ3n) is 2.30. The topological polar surface area (TPSA) is 3.24 Å². The normalized spacial score (nSPS) is 27.3. The van der Waals surface area contributed by atoms with Crippen molar-refractivity contribution in [3.05, 3.63) is 0 Å². The summed E-state index contributed by atoms with van der Waals surface area (Å²) in [6, 6.07) is 0.583. The van der Waals surface area contributed by atoms with Gasteiger partial charge in [-0.25, -0.2) is 4.39 Å². The average molecular weight is 224 g/mol. The third kappa shape index (κ3) is 2.71. The van der Waals surface area contributed by atoms with Crippen molar-refractivity contribution in [3.63, 3.8) is 0 Å². The van der Waals surface area contributed by atoms with Crippen LogP contribution in [0.4, 0.5) is 4.39 Å². The van der Waals surface area contributed by atoms with Gasteiger partial charge >= 0.3 is 0 Å². The summed E-state index contributed by atoms with van der Waals surface area (Å²) >= 11 is 3.46. The first-order valence-electron chi connectivity index (χ1n) is 4.24. The van der Waals surface area contributed by atoms with Gasteiger partial charge in [0, 0.05) is 17.9 Å². The van der Waals surface area contributed by atoms with E-state index in [9.17, 15) is 4.39 Å². The summed E-state index contributed by atoms with van der Waals surface area (Å²) in [5, 5.41) is 0.993. The molecule has 0 aromatic heterocycles. The molecule has 1 nitrogen and oxygen atoms in total. The highest BCUT2D eigenvalue weighted by Gasteiger charge is 2.20. The molecule has 66 valence electrons. The minimum Gasteiger partial charge on any atom is -0.297 e. The Morgan fingerprint density at radius 3 is 2.91 bits per heavy atom. The Labute approximate surface area is 76.1 Å². The van der Waals surface area contributed by atoms with E-state index in [-0.39, 0.29) is 6.67 Å². The molecule has 1 atom stereocenters. The van der Waals surface area contributed by atoms with Crippen molar-refractivity contribution in [2.24, 2.45) is 0 Å². The van der Waals surface area contributed by atoms with E-state index in [0.29, 0.717) is 12.6 Å². The number of nitrogens with zero attached hydrogens (tertiary/aromatic N) is 1. The van der Waals surface area contributed by atoms with Crippen LogP contribution in [0.3, 0.4) is 0 Å². The zero-order valence-electron chi connectivity index (χ0n) is 6.73. The first-order valence-corrected chi connectivity index (χ1v) is 5.36. The molecule has 0 radical (unpaired) electrons. The lowest BCUT2D eigenvalue weighted by Gasteiger charge is -2.33. The monoisotopic (exact) mass is 223 g/mol. The summed E-state index contributed by atoms with van der Waals surface area (Å²) < 4.78 is 12.0. The zero-order chi connectivity index (χ0) is 8.10. The number of halogens is 2. The van der Waals surface area contributed by atoms with E-state index in [4.69, 9.17) is 0 Å². The number of hydrogen-bond acceptors (Lipinski definition) is 1. The minimum atomic E-state index is -0.205. The second-order valence-electron chi connectivity index (χ2n) is 3.03. The molecule has 0 aliphatic carbocycles. The van der Waals surface area contributed by atoms with Gasteiger partial charge in [-0.15, -0.1) is 0 Å². The second-order valence-corrected chi connectivity index (χ2v) is 3.68. The van der Waals surface area contributed by atoms with Crippen molar-refractivity contribution >= 4 is 15.9 Å². The highest BCUT2D eigenvalue weighted by Crippen LogP contribution is 2.17. The maximum atomic E-state index is 12.0. The molecule has 1 fully saturated rings. The van der Waals surface area contributed by atoms with E-state index in [1.165, 1.54) is 19.3 Å². The molecular formula is C8H15BrFN. The van der Waals surface area contributed by atoms with Crippen LogP contribution in [0.15, 0.2) is 0 Å². The van der Waals surface area contributed by atoms with Crippen LogP contribution in [-0.4, -0.2) is 36.0 Å². The van der Waals surface area contributed by atoms with Gasteiger partial charge < -0.3 is 0 Å². The minimum absolute atomic E-state index is 0.205. The Morgan fingerprint density at radius 1 is 1.45 bits per heavy atom. The summed E-state index contributed by atoms with van der Waals surface area (Å²) in [7, 11) is 0. The highest BCUT2D eigenvalue weighted by atomic mass is 79.9. The van der Waals surface area contributed by atoms with Gasteiger partial charge in [0.05, 0.1) is 0 Å². The number of rotatable bonds is 3. The van der Waals surface area contributed by atoms with Crippen molar-refractivity contribution in [2.75, 3.05) is 25.1 Å². The Hall–Kier alpha value is 0.370. The van der Waals surface area contributed by atoms with E-state index in [0.717, 1.165) is 11.9 Å². The van der Waals surface area contributed by atoms with Gasteiger partial charge in [-0.1, -0.05) is 22.4 Å². The van der Waals surface area contributed by atoms with Crippen LogP contribution in [0, 0.1) is 0 Å². The molecule has 1 unspecified atom stereocenters. The van der Waals surface area contributed by atoms with Gasteiger partial charge in [0.1, 0.15) is 6.67 Å². The van der Waals surface area contributed by atoms with Crippen molar-refractivity contribution in [1.82, 2.24) is 4.90 Å². The fourth-order valence-electron chi connectivity index (χ4n) is 1.64. The molecule has 11 heavy (non-hydrogen) atoms. The van der Waals surface area contributed by atoms with Gasteiger partial charge in [0.15, 0.2) is 0 Å². The van der Waals surface area contributed by atoms with Crippen LogP contribution >= 0.6 is 15.9 Å². The van der Waals surface area contributed by atoms with E-state index >= 15 is 0 Å². The van der Waals surface area contributed by atoms with Crippen LogP contribution in [0.1, 0.15) is 19.3 Å². The van der Waals surface area contributed by atoms with Crippen LogP contribution < -0.4 is 0 Å². The third-order valence-corrected chi connectivity index (χ3v) is 3.05. The zero-order valence-corrected chi connectivity index (χ0v) is 8.32. The number of piperidine rings is 1.